The van der Waals surface area contributed by atoms with Crippen molar-refractivity contribution >= 4 is 11.5 Å². The maximum atomic E-state index is 5.83. The first-order chi connectivity index (χ1) is 6.20. The van der Waals surface area contributed by atoms with Crippen molar-refractivity contribution in [3.8, 4) is 0 Å². The zero-order valence-electron chi connectivity index (χ0n) is 8.17. The standard InChI is InChI=1S/C8H17N5/c1-3-13-8(11-5-4-9)7(10)6(2)12-13/h11H,3-5,9-10H2,1-2H3. The summed E-state index contributed by atoms with van der Waals surface area (Å²) in [5.74, 6) is 0.880. The van der Waals surface area contributed by atoms with Crippen molar-refractivity contribution in [3.05, 3.63) is 5.69 Å². The Morgan fingerprint density at radius 2 is 2.23 bits per heavy atom. The van der Waals surface area contributed by atoms with Gasteiger partial charge in [0, 0.05) is 19.6 Å². The van der Waals surface area contributed by atoms with Crippen molar-refractivity contribution in [1.82, 2.24) is 9.78 Å². The average molecular weight is 183 g/mol. The van der Waals surface area contributed by atoms with Gasteiger partial charge in [-0.15, -0.1) is 0 Å². The highest BCUT2D eigenvalue weighted by Gasteiger charge is 2.09. The Balaban J connectivity index is 2.88. The number of aryl methyl sites for hydroxylation is 2. The van der Waals surface area contributed by atoms with Crippen LogP contribution in [0.4, 0.5) is 11.5 Å². The van der Waals surface area contributed by atoms with Crippen LogP contribution >= 0.6 is 0 Å². The minimum atomic E-state index is 0.591. The fraction of sp³-hybridized carbons (Fsp3) is 0.625. The van der Waals surface area contributed by atoms with Gasteiger partial charge in [0.2, 0.25) is 0 Å². The summed E-state index contributed by atoms with van der Waals surface area (Å²) in [6, 6.07) is 0. The summed E-state index contributed by atoms with van der Waals surface area (Å²) in [6.45, 7) is 6.04. The molecule has 1 heterocycles. The van der Waals surface area contributed by atoms with Gasteiger partial charge in [-0.05, 0) is 13.8 Å². The first kappa shape index (κ1) is 9.85. The number of nitrogens with one attached hydrogen (secondary N) is 1. The number of anilines is 2. The minimum absolute atomic E-state index is 0.591. The number of hydrogen-bond acceptors (Lipinski definition) is 4. The van der Waals surface area contributed by atoms with E-state index in [2.05, 4.69) is 10.4 Å². The molecule has 0 fully saturated rings. The van der Waals surface area contributed by atoms with Crippen LogP contribution in [0.25, 0.3) is 0 Å². The second kappa shape index (κ2) is 4.13. The van der Waals surface area contributed by atoms with E-state index in [0.717, 1.165) is 30.3 Å². The molecule has 13 heavy (non-hydrogen) atoms. The van der Waals surface area contributed by atoms with Gasteiger partial charge >= 0.3 is 0 Å². The third-order valence-electron chi connectivity index (χ3n) is 1.91. The van der Waals surface area contributed by atoms with E-state index in [1.807, 2.05) is 18.5 Å². The average Bonchev–Trinajstić information content (AvgIpc) is 2.40. The van der Waals surface area contributed by atoms with Gasteiger partial charge in [-0.25, -0.2) is 4.68 Å². The number of nitrogens with two attached hydrogens (primary N) is 2. The highest BCUT2D eigenvalue weighted by atomic mass is 15.3. The third kappa shape index (κ3) is 1.92. The maximum Gasteiger partial charge on any atom is 0.148 e. The lowest BCUT2D eigenvalue weighted by molar-refractivity contribution is 0.657. The molecule has 0 unspecified atom stereocenters. The lowest BCUT2D eigenvalue weighted by Crippen LogP contribution is -2.16. The summed E-state index contributed by atoms with van der Waals surface area (Å²) >= 11 is 0. The summed E-state index contributed by atoms with van der Waals surface area (Å²) in [6.07, 6.45) is 0. The van der Waals surface area contributed by atoms with Crippen LogP contribution in [0.3, 0.4) is 0 Å². The molecule has 0 amide bonds. The molecule has 5 N–H and O–H groups in total. The number of rotatable bonds is 4. The molecular formula is C8H17N5. The number of aromatic nitrogens is 2. The molecule has 0 saturated heterocycles. The summed E-state index contributed by atoms with van der Waals surface area (Å²) in [5, 5.41) is 7.42. The summed E-state index contributed by atoms with van der Waals surface area (Å²) < 4.78 is 1.85. The molecule has 0 atom stereocenters. The Hall–Kier alpha value is -1.23. The quantitative estimate of drug-likeness (QED) is 0.621. The van der Waals surface area contributed by atoms with E-state index in [1.165, 1.54) is 0 Å². The van der Waals surface area contributed by atoms with Gasteiger partial charge in [-0.3, -0.25) is 0 Å². The van der Waals surface area contributed by atoms with Gasteiger partial charge in [0.1, 0.15) is 5.82 Å². The maximum absolute atomic E-state index is 5.83. The number of nitrogen functional groups attached to an aromatic ring is 1. The SMILES string of the molecule is CCn1nc(C)c(N)c1NCCN. The van der Waals surface area contributed by atoms with Gasteiger partial charge in [0.15, 0.2) is 0 Å². The van der Waals surface area contributed by atoms with E-state index in [1.54, 1.807) is 0 Å². The highest BCUT2D eigenvalue weighted by Crippen LogP contribution is 2.21. The van der Waals surface area contributed by atoms with E-state index in [9.17, 15) is 0 Å². The molecule has 1 aromatic rings. The molecule has 0 aliphatic rings. The molecule has 0 radical (unpaired) electrons. The molecule has 0 spiro atoms. The Kier molecular flexibility index (Phi) is 3.13. The zero-order chi connectivity index (χ0) is 9.84. The third-order valence-corrected chi connectivity index (χ3v) is 1.91. The molecule has 1 aromatic heterocycles. The van der Waals surface area contributed by atoms with Crippen molar-refractivity contribution in [2.45, 2.75) is 20.4 Å². The van der Waals surface area contributed by atoms with Crippen LogP contribution in [0, 0.1) is 6.92 Å². The monoisotopic (exact) mass is 183 g/mol. The molecule has 74 valence electrons. The van der Waals surface area contributed by atoms with Gasteiger partial charge in [0.05, 0.1) is 11.4 Å². The molecule has 0 aliphatic carbocycles. The lowest BCUT2D eigenvalue weighted by atomic mass is 10.4. The van der Waals surface area contributed by atoms with E-state index < -0.39 is 0 Å². The molecule has 0 aromatic carbocycles. The Morgan fingerprint density at radius 3 is 2.77 bits per heavy atom. The van der Waals surface area contributed by atoms with E-state index in [4.69, 9.17) is 11.5 Å². The Bertz CT molecular complexity index is 278. The summed E-state index contributed by atoms with van der Waals surface area (Å²) in [5.41, 5.74) is 12.8. The first-order valence-electron chi connectivity index (χ1n) is 4.47. The van der Waals surface area contributed by atoms with Crippen LogP contribution in [-0.2, 0) is 6.54 Å². The van der Waals surface area contributed by atoms with Crippen LogP contribution in [0.5, 0.6) is 0 Å². The summed E-state index contributed by atoms with van der Waals surface area (Å²) in [4.78, 5) is 0. The fourth-order valence-electron chi connectivity index (χ4n) is 1.20. The molecular weight excluding hydrogens is 166 g/mol. The normalized spacial score (nSPS) is 10.4. The molecule has 1 rings (SSSR count). The molecule has 0 bridgehead atoms. The second-order valence-electron chi connectivity index (χ2n) is 2.88. The van der Waals surface area contributed by atoms with Gasteiger partial charge in [-0.2, -0.15) is 5.10 Å². The van der Waals surface area contributed by atoms with Crippen molar-refractivity contribution in [1.29, 1.82) is 0 Å². The van der Waals surface area contributed by atoms with Crippen molar-refractivity contribution < 1.29 is 0 Å². The first-order valence-corrected chi connectivity index (χ1v) is 4.47. The molecule has 5 nitrogen and oxygen atoms in total. The Labute approximate surface area is 78.1 Å². The van der Waals surface area contributed by atoms with Crippen LogP contribution in [-0.4, -0.2) is 22.9 Å². The van der Waals surface area contributed by atoms with Crippen LogP contribution in [0.1, 0.15) is 12.6 Å². The minimum Gasteiger partial charge on any atom is -0.394 e. The Morgan fingerprint density at radius 1 is 1.54 bits per heavy atom. The largest absolute Gasteiger partial charge is 0.394 e. The van der Waals surface area contributed by atoms with Crippen LogP contribution in [0.2, 0.25) is 0 Å². The fourth-order valence-corrected chi connectivity index (χ4v) is 1.20. The lowest BCUT2D eigenvalue weighted by Gasteiger charge is -2.07. The number of hydrogen-bond donors (Lipinski definition) is 3. The van der Waals surface area contributed by atoms with Gasteiger partial charge in [0.25, 0.3) is 0 Å². The van der Waals surface area contributed by atoms with Crippen molar-refractivity contribution in [3.63, 3.8) is 0 Å². The topological polar surface area (TPSA) is 81.9 Å². The summed E-state index contributed by atoms with van der Waals surface area (Å²) in [7, 11) is 0. The smallest absolute Gasteiger partial charge is 0.148 e. The number of nitrogens with zero attached hydrogens (tertiary/aromatic N) is 2. The predicted octanol–water partition coefficient (Wildman–Crippen LogP) is 0.164. The second-order valence-corrected chi connectivity index (χ2v) is 2.88. The zero-order valence-corrected chi connectivity index (χ0v) is 8.17. The van der Waals surface area contributed by atoms with Crippen LogP contribution < -0.4 is 16.8 Å². The van der Waals surface area contributed by atoms with E-state index in [0.29, 0.717) is 6.54 Å². The van der Waals surface area contributed by atoms with Crippen LogP contribution in [0.15, 0.2) is 0 Å². The van der Waals surface area contributed by atoms with Crippen molar-refractivity contribution in [2.24, 2.45) is 5.73 Å². The molecule has 0 saturated carbocycles. The van der Waals surface area contributed by atoms with E-state index >= 15 is 0 Å². The highest BCUT2D eigenvalue weighted by molar-refractivity contribution is 5.64. The molecule has 0 aliphatic heterocycles. The predicted molar refractivity (Wildman–Crippen MR) is 54.6 cm³/mol. The van der Waals surface area contributed by atoms with Gasteiger partial charge in [-0.1, -0.05) is 0 Å². The molecule has 5 heteroatoms. The van der Waals surface area contributed by atoms with E-state index in [-0.39, 0.29) is 0 Å². The van der Waals surface area contributed by atoms with Gasteiger partial charge < -0.3 is 16.8 Å². The van der Waals surface area contributed by atoms with Crippen molar-refractivity contribution in [2.75, 3.05) is 24.1 Å².